The molecule has 0 bridgehead atoms. The molecule has 1 aromatic carbocycles. The van der Waals surface area contributed by atoms with Gasteiger partial charge in [-0.2, -0.15) is 0 Å². The highest BCUT2D eigenvalue weighted by atomic mass is 19.2. The fourth-order valence-electron chi connectivity index (χ4n) is 3.63. The van der Waals surface area contributed by atoms with Gasteiger partial charge in [0.1, 0.15) is 31.4 Å². The Kier molecular flexibility index (Phi) is 17.9. The lowest BCUT2D eigenvalue weighted by molar-refractivity contribution is -0.146. The second kappa shape index (κ2) is 20.4. The maximum absolute atomic E-state index is 15.8. The van der Waals surface area contributed by atoms with E-state index in [-0.39, 0.29) is 51.7 Å². The Morgan fingerprint density at radius 3 is 2.28 bits per heavy atom. The lowest BCUT2D eigenvalue weighted by Gasteiger charge is -2.33. The number of halogens is 1. The second-order valence-electron chi connectivity index (χ2n) is 10.7. The molecule has 14 heteroatoms. The Labute approximate surface area is 252 Å². The van der Waals surface area contributed by atoms with Crippen LogP contribution in [0.2, 0.25) is 0 Å². The number of benzene rings is 1. The summed E-state index contributed by atoms with van der Waals surface area (Å²) in [5.74, 6) is -1.43. The highest BCUT2D eigenvalue weighted by molar-refractivity contribution is 5.94. The molecule has 0 aromatic heterocycles. The summed E-state index contributed by atoms with van der Waals surface area (Å²) in [6.45, 7) is 7.63. The summed E-state index contributed by atoms with van der Waals surface area (Å²) in [4.78, 5) is 58.8. The minimum atomic E-state index is -1.23. The molecule has 1 aromatic rings. The number of nitrogens with zero attached hydrogens (tertiary/aromatic N) is 1. The molecule has 0 aliphatic rings. The van der Waals surface area contributed by atoms with Gasteiger partial charge in [-0.1, -0.05) is 26.0 Å². The molecule has 0 heterocycles. The van der Waals surface area contributed by atoms with E-state index < -0.39 is 35.7 Å². The number of hydrogen-bond donors (Lipinski definition) is 4. The average molecular weight is 612 g/mol. The second-order valence-corrected chi connectivity index (χ2v) is 10.7. The molecule has 0 radical (unpaired) electrons. The number of aldehydes is 2. The summed E-state index contributed by atoms with van der Waals surface area (Å²) >= 11 is 0. The number of nitrogens with two attached hydrogens (primary N) is 1. The number of hydrogen-bond acceptors (Lipinski definition) is 10. The van der Waals surface area contributed by atoms with Gasteiger partial charge in [0.05, 0.1) is 38.4 Å². The summed E-state index contributed by atoms with van der Waals surface area (Å²) in [7, 11) is 0. The van der Waals surface area contributed by atoms with Gasteiger partial charge in [0.15, 0.2) is 0 Å². The number of amides is 3. The van der Waals surface area contributed by atoms with E-state index >= 15 is 4.48 Å². The van der Waals surface area contributed by atoms with Gasteiger partial charge in [-0.25, -0.2) is 4.79 Å². The average Bonchev–Trinajstić information content (AvgIpc) is 2.96. The Bertz CT molecular complexity index is 1010. The topological polar surface area (TPSA) is 178 Å². The first kappa shape index (κ1) is 37.6. The lowest BCUT2D eigenvalue weighted by atomic mass is 10.1. The summed E-state index contributed by atoms with van der Waals surface area (Å²) in [5, 5.41) is 8.12. The van der Waals surface area contributed by atoms with Crippen LogP contribution in [-0.2, 0) is 40.0 Å². The zero-order valence-electron chi connectivity index (χ0n) is 25.4. The van der Waals surface area contributed by atoms with E-state index in [4.69, 9.17) is 19.9 Å². The zero-order valence-corrected chi connectivity index (χ0v) is 25.4. The van der Waals surface area contributed by atoms with Crippen LogP contribution < -0.4 is 21.7 Å². The normalized spacial score (nSPS) is 12.8. The van der Waals surface area contributed by atoms with Crippen molar-refractivity contribution in [2.45, 2.75) is 77.7 Å². The number of nitrogens with one attached hydrogen (secondary N) is 3. The molecule has 0 fully saturated rings. The van der Waals surface area contributed by atoms with Gasteiger partial charge in [0, 0.05) is 12.1 Å². The molecule has 0 saturated heterocycles. The van der Waals surface area contributed by atoms with Gasteiger partial charge in [-0.15, -0.1) is 9.60 Å². The van der Waals surface area contributed by atoms with E-state index in [0.717, 1.165) is 6.29 Å². The quantitative estimate of drug-likeness (QED) is 0.0658. The van der Waals surface area contributed by atoms with E-state index in [1.165, 1.54) is 13.8 Å². The SMILES string of the molecule is CC(C)C(NC(=O)CCOCCOCCC=O)N(F)[C@@H](CCCN)C(=O)Nc1ccc(COC(=O)NC(C)(C)C=O)cc1. The molecule has 242 valence electrons. The fourth-order valence-corrected chi connectivity index (χ4v) is 3.63. The highest BCUT2D eigenvalue weighted by Crippen LogP contribution is 2.19. The third kappa shape index (κ3) is 15.5. The molecule has 3 amide bonds. The van der Waals surface area contributed by atoms with Crippen LogP contribution in [0.4, 0.5) is 15.0 Å². The van der Waals surface area contributed by atoms with Crippen LogP contribution >= 0.6 is 0 Å². The number of alkyl carbamates (subject to hydrolysis) is 1. The number of rotatable bonds is 22. The first-order valence-corrected chi connectivity index (χ1v) is 14.3. The van der Waals surface area contributed by atoms with E-state index in [1.54, 1.807) is 38.1 Å². The van der Waals surface area contributed by atoms with Crippen molar-refractivity contribution in [1.82, 2.24) is 15.8 Å². The minimum Gasteiger partial charge on any atom is -0.445 e. The van der Waals surface area contributed by atoms with Crippen LogP contribution in [0, 0.1) is 5.92 Å². The summed E-state index contributed by atoms with van der Waals surface area (Å²) in [6, 6.07) is 5.20. The molecule has 43 heavy (non-hydrogen) atoms. The zero-order chi connectivity index (χ0) is 32.3. The Balaban J connectivity index is 2.73. The smallest absolute Gasteiger partial charge is 0.408 e. The van der Waals surface area contributed by atoms with Crippen molar-refractivity contribution in [2.24, 2.45) is 11.7 Å². The first-order chi connectivity index (χ1) is 20.4. The monoisotopic (exact) mass is 611 g/mol. The molecule has 5 N–H and O–H groups in total. The summed E-state index contributed by atoms with van der Waals surface area (Å²) < 4.78 is 31.4. The highest BCUT2D eigenvalue weighted by Gasteiger charge is 2.34. The van der Waals surface area contributed by atoms with Gasteiger partial charge in [0.25, 0.3) is 0 Å². The summed E-state index contributed by atoms with van der Waals surface area (Å²) in [6.07, 6.45) is 0.293. The van der Waals surface area contributed by atoms with Crippen molar-refractivity contribution in [3.05, 3.63) is 29.8 Å². The van der Waals surface area contributed by atoms with E-state index in [1.807, 2.05) is 0 Å². The summed E-state index contributed by atoms with van der Waals surface area (Å²) in [5.41, 5.74) is 5.59. The van der Waals surface area contributed by atoms with Crippen molar-refractivity contribution >= 4 is 36.2 Å². The fraction of sp³-hybridized carbons (Fsp3) is 0.621. The van der Waals surface area contributed by atoms with Crippen molar-refractivity contribution in [3.8, 4) is 0 Å². The first-order valence-electron chi connectivity index (χ1n) is 14.3. The maximum atomic E-state index is 15.8. The van der Waals surface area contributed by atoms with E-state index in [0.29, 0.717) is 42.1 Å². The van der Waals surface area contributed by atoms with Crippen LogP contribution in [0.1, 0.15) is 58.9 Å². The number of anilines is 1. The standard InChI is InChI=1S/C29H46FN5O8/c1-21(2)26(33-25(38)12-16-42-18-17-41-15-6-14-36)35(30)24(7-5-13-31)27(39)32-23-10-8-22(9-11-23)19-43-28(40)34-29(3,4)20-37/h8-11,14,20-21,24,26H,5-7,12-13,15-19,31H2,1-4H3,(H,32,39)(H,33,38)(H,34,40)/t24-,26?/m0/s1. The molecule has 1 rings (SSSR count). The van der Waals surface area contributed by atoms with Gasteiger partial charge >= 0.3 is 6.09 Å². The third-order valence-electron chi connectivity index (χ3n) is 6.02. The van der Waals surface area contributed by atoms with Crippen LogP contribution in [-0.4, -0.2) is 86.3 Å². The van der Waals surface area contributed by atoms with E-state index in [2.05, 4.69) is 16.0 Å². The largest absolute Gasteiger partial charge is 0.445 e. The molecule has 0 aliphatic heterocycles. The predicted octanol–water partition coefficient (Wildman–Crippen LogP) is 2.23. The van der Waals surface area contributed by atoms with Crippen molar-refractivity contribution in [1.29, 1.82) is 0 Å². The predicted molar refractivity (Wildman–Crippen MR) is 157 cm³/mol. The number of carbonyl (C=O) groups excluding carboxylic acids is 5. The van der Waals surface area contributed by atoms with Crippen molar-refractivity contribution < 1.29 is 42.7 Å². The van der Waals surface area contributed by atoms with Crippen molar-refractivity contribution in [2.75, 3.05) is 38.3 Å². The van der Waals surface area contributed by atoms with Crippen molar-refractivity contribution in [3.63, 3.8) is 0 Å². The van der Waals surface area contributed by atoms with Gasteiger partial charge in [-0.3, -0.25) is 9.59 Å². The van der Waals surface area contributed by atoms with E-state index in [9.17, 15) is 24.0 Å². The van der Waals surface area contributed by atoms with Crippen LogP contribution in [0.3, 0.4) is 0 Å². The lowest BCUT2D eigenvalue weighted by Crippen LogP contribution is -2.54. The molecule has 0 spiro atoms. The number of carbonyl (C=O) groups is 5. The molecular weight excluding hydrogens is 565 g/mol. The van der Waals surface area contributed by atoms with Crippen LogP contribution in [0.25, 0.3) is 0 Å². The van der Waals surface area contributed by atoms with Gasteiger partial charge in [-0.05, 0) is 56.8 Å². The molecule has 13 nitrogen and oxygen atoms in total. The van der Waals surface area contributed by atoms with Crippen LogP contribution in [0.5, 0.6) is 0 Å². The molecule has 0 aliphatic carbocycles. The molecule has 1 unspecified atom stereocenters. The molecular formula is C29H46FN5O8. The van der Waals surface area contributed by atoms with Gasteiger partial charge in [0.2, 0.25) is 11.8 Å². The molecule has 0 saturated carbocycles. The molecule has 2 atom stereocenters. The van der Waals surface area contributed by atoms with Crippen LogP contribution in [0.15, 0.2) is 24.3 Å². The minimum absolute atomic E-state index is 0.0162. The third-order valence-corrected chi connectivity index (χ3v) is 6.02. The Morgan fingerprint density at radius 2 is 1.70 bits per heavy atom. The Morgan fingerprint density at radius 1 is 1.05 bits per heavy atom. The Hall–Kier alpha value is -3.46. The van der Waals surface area contributed by atoms with Gasteiger partial charge < -0.3 is 45.5 Å². The number of ether oxygens (including phenoxy) is 3. The maximum Gasteiger partial charge on any atom is 0.408 e.